The van der Waals surface area contributed by atoms with E-state index in [9.17, 15) is 0 Å². The van der Waals surface area contributed by atoms with Crippen LogP contribution in [-0.2, 0) is 0 Å². The van der Waals surface area contributed by atoms with E-state index in [-0.39, 0.29) is 0 Å². The van der Waals surface area contributed by atoms with Gasteiger partial charge in [-0.1, -0.05) is 36.5 Å². The van der Waals surface area contributed by atoms with Crippen LogP contribution in [0, 0.1) is 0 Å². The zero-order chi connectivity index (χ0) is 7.23. The Morgan fingerprint density at radius 3 is 3.00 bits per heavy atom. The van der Waals surface area contributed by atoms with Crippen LogP contribution >= 0.6 is 0 Å². The second-order valence-corrected chi connectivity index (χ2v) is 2.69. The Hall–Kier alpha value is -0.780. The molecular weight excluding hydrogens is 120 g/mol. The van der Waals surface area contributed by atoms with E-state index in [2.05, 4.69) is 30.9 Å². The van der Waals surface area contributed by atoms with Crippen molar-refractivity contribution in [3.05, 3.63) is 36.5 Å². The average Bonchev–Trinajstić information content (AvgIpc) is 2.02. The van der Waals surface area contributed by atoms with E-state index in [1.165, 1.54) is 24.8 Å². The average molecular weight is 134 g/mol. The molecule has 1 aliphatic carbocycles. The van der Waals surface area contributed by atoms with Crippen molar-refractivity contribution in [2.75, 3.05) is 0 Å². The van der Waals surface area contributed by atoms with Gasteiger partial charge in [-0.05, 0) is 25.7 Å². The minimum absolute atomic E-state index is 1.16. The van der Waals surface area contributed by atoms with Gasteiger partial charge in [0.1, 0.15) is 0 Å². The highest BCUT2D eigenvalue weighted by Gasteiger charge is 1.90. The third-order valence-electron chi connectivity index (χ3n) is 1.70. The Kier molecular flexibility index (Phi) is 3.01. The van der Waals surface area contributed by atoms with Gasteiger partial charge in [-0.2, -0.15) is 0 Å². The van der Waals surface area contributed by atoms with Gasteiger partial charge in [0, 0.05) is 0 Å². The summed E-state index contributed by atoms with van der Waals surface area (Å²) < 4.78 is 0. The Bertz CT molecular complexity index is 161. The number of hydrogen-bond acceptors (Lipinski definition) is 0. The first kappa shape index (κ1) is 7.33. The molecule has 0 saturated carbocycles. The lowest BCUT2D eigenvalue weighted by atomic mass is 10.1. The second kappa shape index (κ2) is 4.10. The standard InChI is InChI=1S/C10H14/c1-10-8-6-4-2-3-5-7-9-10/h2,4,6,8H,1,3,5,7,9H2. The quantitative estimate of drug-likeness (QED) is 0.477. The molecule has 0 radical (unpaired) electrons. The number of rotatable bonds is 0. The van der Waals surface area contributed by atoms with Gasteiger partial charge in [-0.25, -0.2) is 0 Å². The van der Waals surface area contributed by atoms with Crippen molar-refractivity contribution in [2.24, 2.45) is 0 Å². The van der Waals surface area contributed by atoms with Crippen LogP contribution in [0.5, 0.6) is 0 Å². The zero-order valence-corrected chi connectivity index (χ0v) is 6.34. The lowest BCUT2D eigenvalue weighted by Crippen LogP contribution is -1.76. The first-order chi connectivity index (χ1) is 4.89. The molecule has 0 N–H and O–H groups in total. The molecule has 1 aliphatic rings. The van der Waals surface area contributed by atoms with Gasteiger partial charge >= 0.3 is 0 Å². The minimum atomic E-state index is 1.16. The molecule has 0 unspecified atom stereocenters. The molecule has 0 fully saturated rings. The van der Waals surface area contributed by atoms with Gasteiger partial charge in [0.25, 0.3) is 0 Å². The van der Waals surface area contributed by atoms with Crippen LogP contribution in [0.3, 0.4) is 0 Å². The predicted octanol–water partition coefficient (Wildman–Crippen LogP) is 3.23. The first-order valence-electron chi connectivity index (χ1n) is 3.90. The van der Waals surface area contributed by atoms with E-state index in [0.29, 0.717) is 0 Å². The summed E-state index contributed by atoms with van der Waals surface area (Å²) in [6, 6.07) is 0. The van der Waals surface area contributed by atoms with Crippen LogP contribution in [0.25, 0.3) is 0 Å². The lowest BCUT2D eigenvalue weighted by Gasteiger charge is -1.95. The third kappa shape index (κ3) is 2.67. The molecule has 0 amide bonds. The highest BCUT2D eigenvalue weighted by atomic mass is 14.0. The molecule has 0 nitrogen and oxygen atoms in total. The monoisotopic (exact) mass is 134 g/mol. The molecule has 10 heavy (non-hydrogen) atoms. The van der Waals surface area contributed by atoms with E-state index in [0.717, 1.165) is 6.42 Å². The number of hydrogen-bond donors (Lipinski definition) is 0. The second-order valence-electron chi connectivity index (χ2n) is 2.69. The van der Waals surface area contributed by atoms with Gasteiger partial charge in [-0.15, -0.1) is 0 Å². The predicted molar refractivity (Wildman–Crippen MR) is 45.9 cm³/mol. The molecule has 0 aromatic rings. The SMILES string of the molecule is C=C1C=CC=CCCCC1. The largest absolute Gasteiger partial charge is 0.0958 e. The van der Waals surface area contributed by atoms with Crippen LogP contribution in [0.4, 0.5) is 0 Å². The summed E-state index contributed by atoms with van der Waals surface area (Å²) in [6.07, 6.45) is 13.5. The Morgan fingerprint density at radius 2 is 2.10 bits per heavy atom. The van der Waals surface area contributed by atoms with Crippen molar-refractivity contribution in [3.8, 4) is 0 Å². The summed E-state index contributed by atoms with van der Waals surface area (Å²) in [5.41, 5.74) is 1.26. The fourth-order valence-corrected chi connectivity index (χ4v) is 1.06. The van der Waals surface area contributed by atoms with Gasteiger partial charge in [-0.3, -0.25) is 0 Å². The van der Waals surface area contributed by atoms with Gasteiger partial charge < -0.3 is 0 Å². The molecule has 1 rings (SSSR count). The Balaban J connectivity index is 2.48. The van der Waals surface area contributed by atoms with Gasteiger partial charge in [0.15, 0.2) is 0 Å². The maximum absolute atomic E-state index is 3.94. The Morgan fingerprint density at radius 1 is 1.20 bits per heavy atom. The molecule has 0 aromatic carbocycles. The molecule has 0 bridgehead atoms. The summed E-state index contributed by atoms with van der Waals surface area (Å²) in [5.74, 6) is 0. The van der Waals surface area contributed by atoms with E-state index in [1.54, 1.807) is 0 Å². The summed E-state index contributed by atoms with van der Waals surface area (Å²) in [6.45, 7) is 3.94. The molecule has 0 heterocycles. The summed E-state index contributed by atoms with van der Waals surface area (Å²) in [5, 5.41) is 0. The molecule has 0 aromatic heterocycles. The van der Waals surface area contributed by atoms with Crippen molar-refractivity contribution >= 4 is 0 Å². The van der Waals surface area contributed by atoms with Crippen LogP contribution in [0.1, 0.15) is 25.7 Å². The highest BCUT2D eigenvalue weighted by molar-refractivity contribution is 5.19. The smallest absolute Gasteiger partial charge is 0.0285 e. The molecule has 0 heteroatoms. The minimum Gasteiger partial charge on any atom is -0.0958 e. The maximum atomic E-state index is 3.94. The van der Waals surface area contributed by atoms with Crippen LogP contribution < -0.4 is 0 Å². The van der Waals surface area contributed by atoms with Crippen molar-refractivity contribution in [1.29, 1.82) is 0 Å². The lowest BCUT2D eigenvalue weighted by molar-refractivity contribution is 0.753. The van der Waals surface area contributed by atoms with Crippen molar-refractivity contribution in [1.82, 2.24) is 0 Å². The summed E-state index contributed by atoms with van der Waals surface area (Å²) in [4.78, 5) is 0. The highest BCUT2D eigenvalue weighted by Crippen LogP contribution is 2.10. The number of allylic oxidation sites excluding steroid dienone is 5. The first-order valence-corrected chi connectivity index (χ1v) is 3.90. The van der Waals surface area contributed by atoms with Gasteiger partial charge in [0.2, 0.25) is 0 Å². The van der Waals surface area contributed by atoms with Crippen LogP contribution in [0.2, 0.25) is 0 Å². The van der Waals surface area contributed by atoms with Crippen LogP contribution in [-0.4, -0.2) is 0 Å². The Labute approximate surface area is 62.9 Å². The maximum Gasteiger partial charge on any atom is -0.0285 e. The van der Waals surface area contributed by atoms with E-state index in [1.807, 2.05) is 0 Å². The van der Waals surface area contributed by atoms with E-state index >= 15 is 0 Å². The third-order valence-corrected chi connectivity index (χ3v) is 1.70. The summed E-state index contributed by atoms with van der Waals surface area (Å²) >= 11 is 0. The zero-order valence-electron chi connectivity index (χ0n) is 6.34. The molecule has 0 saturated heterocycles. The van der Waals surface area contributed by atoms with Crippen LogP contribution in [0.15, 0.2) is 36.5 Å². The van der Waals surface area contributed by atoms with Gasteiger partial charge in [0.05, 0.1) is 0 Å². The topological polar surface area (TPSA) is 0 Å². The molecule has 0 atom stereocenters. The normalized spacial score (nSPS) is 19.8. The molecule has 0 spiro atoms. The van der Waals surface area contributed by atoms with E-state index in [4.69, 9.17) is 0 Å². The fraction of sp³-hybridized carbons (Fsp3) is 0.400. The van der Waals surface area contributed by atoms with Crippen molar-refractivity contribution in [3.63, 3.8) is 0 Å². The molecule has 54 valence electrons. The molecular formula is C10H14. The molecule has 0 aliphatic heterocycles. The van der Waals surface area contributed by atoms with Crippen molar-refractivity contribution in [2.45, 2.75) is 25.7 Å². The van der Waals surface area contributed by atoms with Crippen molar-refractivity contribution < 1.29 is 0 Å². The fourth-order valence-electron chi connectivity index (χ4n) is 1.06. The van der Waals surface area contributed by atoms with E-state index < -0.39 is 0 Å². The summed E-state index contributed by atoms with van der Waals surface area (Å²) in [7, 11) is 0.